The summed E-state index contributed by atoms with van der Waals surface area (Å²) in [7, 11) is 1.69. The summed E-state index contributed by atoms with van der Waals surface area (Å²) < 4.78 is 0. The Bertz CT molecular complexity index is 189. The molecule has 1 aliphatic rings. The summed E-state index contributed by atoms with van der Waals surface area (Å²) >= 11 is 0. The van der Waals surface area contributed by atoms with Gasteiger partial charge in [-0.1, -0.05) is 13.8 Å². The smallest absolute Gasteiger partial charge is 0.0622 e. The van der Waals surface area contributed by atoms with Crippen LogP contribution in [0.3, 0.4) is 0 Å². The number of hydrogen-bond acceptors (Lipinski definition) is 3. The molecule has 0 aliphatic carbocycles. The van der Waals surface area contributed by atoms with Crippen molar-refractivity contribution in [2.45, 2.75) is 45.8 Å². The van der Waals surface area contributed by atoms with Gasteiger partial charge in [0.25, 0.3) is 0 Å². The number of nitrogens with zero attached hydrogens (tertiary/aromatic N) is 1. The molecular weight excluding hydrogens is 166 g/mol. The Morgan fingerprint density at radius 1 is 1.31 bits per heavy atom. The molecule has 1 aliphatic heterocycles. The maximum absolute atomic E-state index is 9.90. The van der Waals surface area contributed by atoms with E-state index in [-0.39, 0.29) is 17.1 Å². The zero-order valence-electron chi connectivity index (χ0n) is 9.29. The predicted octanol–water partition coefficient (Wildman–Crippen LogP) is 1.42. The molecule has 1 fully saturated rings. The molecule has 13 heavy (non-hydrogen) atoms. The molecule has 0 saturated carbocycles. The minimum absolute atomic E-state index is 0.126. The maximum atomic E-state index is 9.90. The third-order valence-corrected chi connectivity index (χ3v) is 3.86. The highest BCUT2D eigenvalue weighted by Gasteiger charge is 2.50. The predicted molar refractivity (Wildman–Crippen MR) is 52.2 cm³/mol. The second-order valence-corrected chi connectivity index (χ2v) is 4.87. The number of hydrogen-bond donors (Lipinski definition) is 1. The molecule has 0 aromatic heterocycles. The molecule has 1 unspecified atom stereocenters. The molecular formula is C10H21NO2. The average molecular weight is 187 g/mol. The van der Waals surface area contributed by atoms with Crippen molar-refractivity contribution < 1.29 is 9.94 Å². The van der Waals surface area contributed by atoms with Gasteiger partial charge in [-0.15, -0.1) is 0 Å². The Kier molecular flexibility index (Phi) is 2.72. The van der Waals surface area contributed by atoms with Crippen molar-refractivity contribution in [2.24, 2.45) is 5.41 Å². The fraction of sp³-hybridized carbons (Fsp3) is 1.00. The average Bonchev–Trinajstić information content (AvgIpc) is 2.02. The quantitative estimate of drug-likeness (QED) is 0.674. The van der Waals surface area contributed by atoms with Crippen LogP contribution in [0.5, 0.6) is 0 Å². The SMILES string of the molecule is CON1CCC(O)C(C)(C)C1(C)C. The summed E-state index contributed by atoms with van der Waals surface area (Å²) in [5, 5.41) is 11.9. The lowest BCUT2D eigenvalue weighted by molar-refractivity contribution is -0.263. The first-order valence-corrected chi connectivity index (χ1v) is 4.84. The van der Waals surface area contributed by atoms with E-state index in [1.54, 1.807) is 7.11 Å². The van der Waals surface area contributed by atoms with Crippen molar-refractivity contribution in [1.29, 1.82) is 0 Å². The molecule has 78 valence electrons. The van der Waals surface area contributed by atoms with Gasteiger partial charge >= 0.3 is 0 Å². The molecule has 1 saturated heterocycles. The normalized spacial score (nSPS) is 33.2. The van der Waals surface area contributed by atoms with Crippen LogP contribution in [0.25, 0.3) is 0 Å². The highest BCUT2D eigenvalue weighted by Crippen LogP contribution is 2.43. The standard InChI is InChI=1S/C10H21NO2/c1-9(2)8(12)6-7-11(13-5)10(9,3)4/h8,12H,6-7H2,1-5H3. The van der Waals surface area contributed by atoms with Crippen LogP contribution >= 0.6 is 0 Å². The third-order valence-electron chi connectivity index (χ3n) is 3.86. The van der Waals surface area contributed by atoms with Gasteiger partial charge in [-0.05, 0) is 20.3 Å². The molecule has 1 N–H and O–H groups in total. The van der Waals surface area contributed by atoms with Crippen LogP contribution in [0.4, 0.5) is 0 Å². The lowest BCUT2D eigenvalue weighted by Crippen LogP contribution is -2.62. The largest absolute Gasteiger partial charge is 0.392 e. The van der Waals surface area contributed by atoms with Crippen molar-refractivity contribution in [3.63, 3.8) is 0 Å². The summed E-state index contributed by atoms with van der Waals surface area (Å²) in [5.74, 6) is 0. The topological polar surface area (TPSA) is 32.7 Å². The van der Waals surface area contributed by atoms with E-state index in [1.165, 1.54) is 0 Å². The Balaban J connectivity index is 2.92. The highest BCUT2D eigenvalue weighted by molar-refractivity contribution is 5.00. The van der Waals surface area contributed by atoms with Crippen LogP contribution in [0.1, 0.15) is 34.1 Å². The molecule has 1 rings (SSSR count). The van der Waals surface area contributed by atoms with Crippen LogP contribution in [0.15, 0.2) is 0 Å². The molecule has 0 aromatic carbocycles. The maximum Gasteiger partial charge on any atom is 0.0622 e. The molecule has 0 bridgehead atoms. The van der Waals surface area contributed by atoms with Gasteiger partial charge in [-0.2, -0.15) is 5.06 Å². The van der Waals surface area contributed by atoms with Crippen LogP contribution in [-0.4, -0.2) is 35.5 Å². The second kappa shape index (κ2) is 3.23. The van der Waals surface area contributed by atoms with Crippen LogP contribution in [0, 0.1) is 5.41 Å². The van der Waals surface area contributed by atoms with E-state index in [0.29, 0.717) is 0 Å². The first-order valence-electron chi connectivity index (χ1n) is 4.84. The molecule has 0 aromatic rings. The van der Waals surface area contributed by atoms with Gasteiger partial charge < -0.3 is 9.94 Å². The van der Waals surface area contributed by atoms with Gasteiger partial charge in [0.05, 0.1) is 13.2 Å². The minimum Gasteiger partial charge on any atom is -0.392 e. The van der Waals surface area contributed by atoms with E-state index in [1.807, 2.05) is 5.06 Å². The number of rotatable bonds is 1. The first-order chi connectivity index (χ1) is 5.84. The summed E-state index contributed by atoms with van der Waals surface area (Å²) in [5.41, 5.74) is -0.263. The second-order valence-electron chi connectivity index (χ2n) is 4.87. The minimum atomic E-state index is -0.242. The fourth-order valence-corrected chi connectivity index (χ4v) is 1.93. The fourth-order valence-electron chi connectivity index (χ4n) is 1.93. The van der Waals surface area contributed by atoms with Crippen molar-refractivity contribution in [3.05, 3.63) is 0 Å². The van der Waals surface area contributed by atoms with Crippen molar-refractivity contribution in [1.82, 2.24) is 5.06 Å². The van der Waals surface area contributed by atoms with Crippen LogP contribution in [0.2, 0.25) is 0 Å². The Hall–Kier alpha value is -0.120. The summed E-state index contributed by atoms with van der Waals surface area (Å²) in [4.78, 5) is 5.31. The van der Waals surface area contributed by atoms with E-state index in [0.717, 1.165) is 13.0 Å². The Labute approximate surface area is 80.6 Å². The monoisotopic (exact) mass is 187 g/mol. The molecule has 3 heteroatoms. The van der Waals surface area contributed by atoms with Gasteiger partial charge in [0.1, 0.15) is 0 Å². The first kappa shape index (κ1) is 11.0. The molecule has 3 nitrogen and oxygen atoms in total. The summed E-state index contributed by atoms with van der Waals surface area (Å²) in [6.45, 7) is 9.19. The lowest BCUT2D eigenvalue weighted by Gasteiger charge is -2.54. The van der Waals surface area contributed by atoms with E-state index in [2.05, 4.69) is 27.7 Å². The van der Waals surface area contributed by atoms with E-state index in [4.69, 9.17) is 4.84 Å². The molecule has 0 radical (unpaired) electrons. The molecule has 0 spiro atoms. The van der Waals surface area contributed by atoms with Gasteiger partial charge in [0, 0.05) is 17.5 Å². The van der Waals surface area contributed by atoms with Gasteiger partial charge in [-0.25, -0.2) is 0 Å². The summed E-state index contributed by atoms with van der Waals surface area (Å²) in [6.07, 6.45) is 0.540. The van der Waals surface area contributed by atoms with Crippen LogP contribution in [-0.2, 0) is 4.84 Å². The zero-order chi connectivity index (χ0) is 10.3. The number of aliphatic hydroxyl groups excluding tert-OH is 1. The Morgan fingerprint density at radius 3 is 2.31 bits per heavy atom. The van der Waals surface area contributed by atoms with Crippen molar-refractivity contribution in [3.8, 4) is 0 Å². The number of hydroxylamine groups is 2. The lowest BCUT2D eigenvalue weighted by atomic mass is 9.67. The zero-order valence-corrected chi connectivity index (χ0v) is 9.29. The highest BCUT2D eigenvalue weighted by atomic mass is 16.7. The van der Waals surface area contributed by atoms with Gasteiger partial charge in [0.2, 0.25) is 0 Å². The number of piperidine rings is 1. The third kappa shape index (κ3) is 1.49. The molecule has 0 amide bonds. The van der Waals surface area contributed by atoms with Crippen molar-refractivity contribution in [2.75, 3.05) is 13.7 Å². The van der Waals surface area contributed by atoms with E-state index < -0.39 is 0 Å². The van der Waals surface area contributed by atoms with E-state index in [9.17, 15) is 5.11 Å². The van der Waals surface area contributed by atoms with Gasteiger partial charge in [0.15, 0.2) is 0 Å². The number of aliphatic hydroxyl groups is 1. The molecule has 1 atom stereocenters. The van der Waals surface area contributed by atoms with Gasteiger partial charge in [-0.3, -0.25) is 0 Å². The van der Waals surface area contributed by atoms with Crippen molar-refractivity contribution >= 4 is 0 Å². The van der Waals surface area contributed by atoms with Crippen LogP contribution < -0.4 is 0 Å². The summed E-state index contributed by atoms with van der Waals surface area (Å²) in [6, 6.07) is 0. The molecule has 1 heterocycles. The van der Waals surface area contributed by atoms with E-state index >= 15 is 0 Å². The Morgan fingerprint density at radius 2 is 1.85 bits per heavy atom.